The number of carbonyl (C=O) groups is 1. The van der Waals surface area contributed by atoms with Gasteiger partial charge in [0.05, 0.1) is 24.3 Å². The largest absolute Gasteiger partial charge is 0.481 e. The second-order valence-electron chi connectivity index (χ2n) is 11.1. The van der Waals surface area contributed by atoms with Crippen molar-refractivity contribution < 1.29 is 23.4 Å². The summed E-state index contributed by atoms with van der Waals surface area (Å²) in [5, 5.41) is 15.2. The predicted molar refractivity (Wildman–Crippen MR) is 158 cm³/mol. The smallest absolute Gasteiger partial charge is 0.279 e. The number of pyridine rings is 1. The summed E-state index contributed by atoms with van der Waals surface area (Å²) in [6.07, 6.45) is 5.52. The van der Waals surface area contributed by atoms with E-state index < -0.39 is 34.4 Å². The molecule has 2 unspecified atom stereocenters. The number of aliphatic hydroxyl groups is 1. The van der Waals surface area contributed by atoms with E-state index >= 15 is 8.78 Å². The van der Waals surface area contributed by atoms with Crippen molar-refractivity contribution in [1.29, 1.82) is 0 Å². The first-order valence-corrected chi connectivity index (χ1v) is 14.4. The van der Waals surface area contributed by atoms with E-state index in [1.807, 2.05) is 6.07 Å². The third-order valence-corrected chi connectivity index (χ3v) is 8.99. The summed E-state index contributed by atoms with van der Waals surface area (Å²) >= 11 is 6.95. The molecule has 43 heavy (non-hydrogen) atoms. The van der Waals surface area contributed by atoms with Crippen LogP contribution >= 0.6 is 11.6 Å². The first-order valence-electron chi connectivity index (χ1n) is 13.9. The van der Waals surface area contributed by atoms with Crippen LogP contribution in [0, 0.1) is 12.7 Å². The third-order valence-electron chi connectivity index (χ3n) is 8.50. The molecule has 3 heterocycles. The van der Waals surface area contributed by atoms with E-state index in [-0.39, 0.29) is 40.1 Å². The Labute approximate surface area is 251 Å². The Morgan fingerprint density at radius 2 is 2.00 bits per heavy atom. The van der Waals surface area contributed by atoms with E-state index in [9.17, 15) is 14.7 Å². The molecule has 224 valence electrons. The number of hydrogen-bond donors (Lipinski definition) is 2. The maximum Gasteiger partial charge on any atom is 0.279 e. The van der Waals surface area contributed by atoms with Crippen molar-refractivity contribution in [2.24, 2.45) is 7.05 Å². The molecule has 1 aliphatic heterocycles. The zero-order chi connectivity index (χ0) is 30.6. The topological polar surface area (TPSA) is 110 Å². The summed E-state index contributed by atoms with van der Waals surface area (Å²) in [6, 6.07) is 5.82. The molecule has 9 nitrogen and oxygen atoms in total. The Balaban J connectivity index is 1.33. The molecular formula is C31H30ClF2N5O4. The molecule has 3 aliphatic rings. The van der Waals surface area contributed by atoms with Crippen LogP contribution in [0.5, 0.6) is 5.88 Å². The number of aromatic nitrogens is 3. The number of nitrogens with one attached hydrogen (secondary N) is 1. The summed E-state index contributed by atoms with van der Waals surface area (Å²) in [6.45, 7) is 2.75. The number of alkyl halides is 1. The highest BCUT2D eigenvalue weighted by Gasteiger charge is 2.40. The number of aliphatic hydroxyl groups excluding tert-OH is 1. The Hall–Kier alpha value is -3.93. The van der Waals surface area contributed by atoms with Gasteiger partial charge < -0.3 is 15.2 Å². The summed E-state index contributed by atoms with van der Waals surface area (Å²) in [5.74, 6) is -2.26. The number of ether oxygens (including phenoxy) is 1. The molecule has 2 aliphatic carbocycles. The molecule has 1 aromatic carbocycles. The Morgan fingerprint density at radius 1 is 1.23 bits per heavy atom. The first kappa shape index (κ1) is 29.2. The van der Waals surface area contributed by atoms with E-state index in [1.165, 1.54) is 31.5 Å². The minimum Gasteiger partial charge on any atom is -0.481 e. The number of methoxy groups -OCH3 is 1. The van der Waals surface area contributed by atoms with Crippen molar-refractivity contribution >= 4 is 28.8 Å². The van der Waals surface area contributed by atoms with Gasteiger partial charge >= 0.3 is 0 Å². The molecule has 0 spiro atoms. The predicted octanol–water partition coefficient (Wildman–Crippen LogP) is 4.19. The normalized spacial score (nSPS) is 22.0. The molecule has 12 heteroatoms. The fourth-order valence-corrected chi connectivity index (χ4v) is 6.67. The van der Waals surface area contributed by atoms with Gasteiger partial charge in [0, 0.05) is 60.7 Å². The van der Waals surface area contributed by atoms with Crippen LogP contribution in [0.15, 0.2) is 53.2 Å². The summed E-state index contributed by atoms with van der Waals surface area (Å²) in [5.41, 5.74) is 2.19. The van der Waals surface area contributed by atoms with E-state index in [0.717, 1.165) is 34.7 Å². The lowest BCUT2D eigenvalue weighted by atomic mass is 9.84. The molecule has 1 fully saturated rings. The quantitative estimate of drug-likeness (QED) is 0.404. The van der Waals surface area contributed by atoms with Crippen molar-refractivity contribution in [2.45, 2.75) is 43.2 Å². The second kappa shape index (κ2) is 11.3. The van der Waals surface area contributed by atoms with Crippen LogP contribution in [0.1, 0.15) is 56.7 Å². The van der Waals surface area contributed by atoms with Crippen molar-refractivity contribution in [3.8, 4) is 5.88 Å². The molecule has 0 saturated carbocycles. The summed E-state index contributed by atoms with van der Waals surface area (Å²) < 4.78 is 37.7. The average Bonchev–Trinajstić information content (AvgIpc) is 3.39. The SMILES string of the molecule is COc1nc(C2C=CC(F)=C(c3c(F)ccc(NC(=O)c4ccnn(C)c4=O)c3C)C2Cl)cc2c1[C@@H](N1CC(O)C1)CC2. The Bertz CT molecular complexity index is 1750. The maximum absolute atomic E-state index is 15.5. The number of fused-ring (bicyclic) bond motifs is 1. The number of anilines is 1. The second-order valence-corrected chi connectivity index (χ2v) is 11.5. The molecule has 2 aromatic heterocycles. The fourth-order valence-electron chi connectivity index (χ4n) is 6.24. The number of β-amino-alcohol motifs (C(OH)–C–C–N with tert-alkyl or cyclic N) is 1. The van der Waals surface area contributed by atoms with Crippen LogP contribution in [0.3, 0.4) is 0 Å². The van der Waals surface area contributed by atoms with Gasteiger partial charge in [0.1, 0.15) is 17.2 Å². The zero-order valence-electron chi connectivity index (χ0n) is 23.8. The monoisotopic (exact) mass is 609 g/mol. The standard InChI is InChI=1S/C31H30ClF2N5O4/c1-15-22(36-29(41)19-10-11-35-38(2)31(19)42)8-7-20(33)25(15)27-21(34)6-5-18(28(27)32)23-12-16-4-9-24(39-13-17(40)14-39)26(16)30(37-23)43-3/h5-8,10-12,17-18,24,28,40H,4,9,13-14H2,1-3H3,(H,36,41)/t18?,24-,28?/m0/s1. The molecule has 0 bridgehead atoms. The van der Waals surface area contributed by atoms with E-state index in [2.05, 4.69) is 15.3 Å². The molecule has 3 aromatic rings. The molecule has 3 atom stereocenters. The number of hydrogen-bond acceptors (Lipinski definition) is 7. The average molecular weight is 610 g/mol. The number of allylic oxidation sites excluding steroid dienone is 4. The number of amides is 1. The molecular weight excluding hydrogens is 580 g/mol. The van der Waals surface area contributed by atoms with Gasteiger partial charge in [0.2, 0.25) is 5.88 Å². The van der Waals surface area contributed by atoms with Gasteiger partial charge in [-0.1, -0.05) is 6.08 Å². The van der Waals surface area contributed by atoms with E-state index in [4.69, 9.17) is 21.3 Å². The van der Waals surface area contributed by atoms with Crippen LogP contribution in [0.2, 0.25) is 0 Å². The number of aryl methyl sites for hydroxylation is 2. The number of likely N-dealkylation sites (tertiary alicyclic amines) is 1. The van der Waals surface area contributed by atoms with Crippen LogP contribution < -0.4 is 15.6 Å². The maximum atomic E-state index is 15.5. The van der Waals surface area contributed by atoms with Crippen molar-refractivity contribution in [1.82, 2.24) is 19.7 Å². The van der Waals surface area contributed by atoms with Gasteiger partial charge in [-0.2, -0.15) is 5.10 Å². The Morgan fingerprint density at radius 3 is 2.72 bits per heavy atom. The highest BCUT2D eigenvalue weighted by molar-refractivity contribution is 6.28. The van der Waals surface area contributed by atoms with Gasteiger partial charge in [-0.15, -0.1) is 11.6 Å². The van der Waals surface area contributed by atoms with Crippen molar-refractivity contribution in [3.63, 3.8) is 0 Å². The lowest BCUT2D eigenvalue weighted by Gasteiger charge is -2.40. The lowest BCUT2D eigenvalue weighted by molar-refractivity contribution is -0.0256. The first-order chi connectivity index (χ1) is 20.6. The van der Waals surface area contributed by atoms with Crippen molar-refractivity contribution in [2.75, 3.05) is 25.5 Å². The minimum absolute atomic E-state index is 0.0613. The van der Waals surface area contributed by atoms with Gasteiger partial charge in [-0.3, -0.25) is 14.5 Å². The zero-order valence-corrected chi connectivity index (χ0v) is 24.5. The molecule has 1 amide bonds. The number of benzene rings is 1. The van der Waals surface area contributed by atoms with Crippen LogP contribution in [-0.2, 0) is 13.5 Å². The van der Waals surface area contributed by atoms with Crippen LogP contribution in [0.25, 0.3) is 5.57 Å². The Kier molecular flexibility index (Phi) is 7.66. The highest BCUT2D eigenvalue weighted by atomic mass is 35.5. The van der Waals surface area contributed by atoms with E-state index in [0.29, 0.717) is 24.7 Å². The number of carbonyl (C=O) groups excluding carboxylic acids is 1. The summed E-state index contributed by atoms with van der Waals surface area (Å²) in [7, 11) is 2.97. The minimum atomic E-state index is -1.03. The molecule has 6 rings (SSSR count). The number of halogens is 3. The van der Waals surface area contributed by atoms with Crippen LogP contribution in [-0.4, -0.2) is 62.4 Å². The van der Waals surface area contributed by atoms with Gasteiger partial charge in [0.15, 0.2) is 0 Å². The number of rotatable bonds is 6. The van der Waals surface area contributed by atoms with Crippen molar-refractivity contribution in [3.05, 3.63) is 98.1 Å². The van der Waals surface area contributed by atoms with E-state index in [1.54, 1.807) is 20.1 Å². The van der Waals surface area contributed by atoms with Gasteiger partial charge in [-0.25, -0.2) is 18.4 Å². The van der Waals surface area contributed by atoms with Gasteiger partial charge in [0.25, 0.3) is 11.5 Å². The molecule has 0 radical (unpaired) electrons. The summed E-state index contributed by atoms with van der Waals surface area (Å²) in [4.78, 5) is 32.3. The third kappa shape index (κ3) is 5.05. The number of nitrogens with zero attached hydrogens (tertiary/aromatic N) is 4. The lowest BCUT2D eigenvalue weighted by Crippen LogP contribution is -2.51. The molecule has 2 N–H and O–H groups in total. The van der Waals surface area contributed by atoms with Gasteiger partial charge in [-0.05, 0) is 61.2 Å². The van der Waals surface area contributed by atoms with Crippen LogP contribution in [0.4, 0.5) is 14.5 Å². The fraction of sp³-hybridized carbons (Fsp3) is 0.355. The molecule has 1 saturated heterocycles. The highest BCUT2D eigenvalue weighted by Crippen LogP contribution is 2.47.